The molecule has 7 rings (SSSR count). The fraction of sp³-hybridized carbons (Fsp3) is 0.333. The molecule has 2 heterocycles. The van der Waals surface area contributed by atoms with E-state index in [1.807, 2.05) is 44.2 Å². The molecule has 0 saturated heterocycles. The number of halogens is 2. The third-order valence-electron chi connectivity index (χ3n) is 10.9. The minimum absolute atomic E-state index is 0.203. The highest BCUT2D eigenvalue weighted by atomic mass is 35.5. The van der Waals surface area contributed by atoms with Crippen LogP contribution in [0.1, 0.15) is 86.4 Å². The molecule has 0 saturated carbocycles. The van der Waals surface area contributed by atoms with Gasteiger partial charge in [0.15, 0.2) is 0 Å². The van der Waals surface area contributed by atoms with Crippen molar-refractivity contribution in [1.82, 2.24) is 4.58 Å². The summed E-state index contributed by atoms with van der Waals surface area (Å²) in [6.07, 6.45) is 5.14. The fourth-order valence-corrected chi connectivity index (χ4v) is 10.2. The van der Waals surface area contributed by atoms with E-state index < -0.39 is 47.6 Å². The molecule has 2 aliphatic heterocycles. The van der Waals surface area contributed by atoms with Crippen molar-refractivity contribution in [2.24, 2.45) is 0 Å². The Morgan fingerprint density at radius 2 is 1.47 bits per heavy atom. The molecule has 0 amide bonds. The molecule has 3 aliphatic rings. The zero-order valence-corrected chi connectivity index (χ0v) is 37.3. The van der Waals surface area contributed by atoms with E-state index in [-0.39, 0.29) is 11.0 Å². The van der Waals surface area contributed by atoms with Crippen LogP contribution in [0.2, 0.25) is 10.0 Å². The van der Waals surface area contributed by atoms with Crippen molar-refractivity contribution in [3.8, 4) is 0 Å². The number of aryl methyl sites for hydroxylation is 1. The third kappa shape index (κ3) is 9.82. The molecule has 0 spiro atoms. The van der Waals surface area contributed by atoms with Gasteiger partial charge in [-0.2, -0.15) is 26.4 Å². The smallest absolute Gasteiger partial charge is 0.358 e. The molecular formula is C42H43Cl2N2O11S3+. The van der Waals surface area contributed by atoms with Gasteiger partial charge in [-0.25, -0.2) is 4.58 Å². The normalized spacial score (nSPS) is 15.9. The van der Waals surface area contributed by atoms with E-state index in [9.17, 15) is 25.9 Å². The summed E-state index contributed by atoms with van der Waals surface area (Å²) < 4.78 is 96.2. The summed E-state index contributed by atoms with van der Waals surface area (Å²) in [6, 6.07) is 20.3. The molecule has 13 nitrogen and oxygen atoms in total. The van der Waals surface area contributed by atoms with E-state index in [0.717, 1.165) is 71.1 Å². The second kappa shape index (κ2) is 17.8. The first-order valence-corrected chi connectivity index (χ1v) is 23.5. The maximum atomic E-state index is 12.5. The van der Waals surface area contributed by atoms with Gasteiger partial charge < -0.3 is 4.90 Å². The van der Waals surface area contributed by atoms with Gasteiger partial charge in [-0.05, 0) is 101 Å². The molecule has 0 aromatic heterocycles. The van der Waals surface area contributed by atoms with E-state index in [1.54, 1.807) is 12.1 Å². The fourth-order valence-electron chi connectivity index (χ4n) is 8.47. The van der Waals surface area contributed by atoms with Crippen LogP contribution in [-0.4, -0.2) is 69.1 Å². The molecule has 60 heavy (non-hydrogen) atoms. The monoisotopic (exact) mass is 917 g/mol. The van der Waals surface area contributed by atoms with Crippen molar-refractivity contribution in [1.29, 1.82) is 0 Å². The zero-order chi connectivity index (χ0) is 44.5. The zero-order valence-electron chi connectivity index (χ0n) is 33.3. The average molecular weight is 919 g/mol. The first-order valence-electron chi connectivity index (χ1n) is 18.7. The number of fused-ring (bicyclic) bond motifs is 4. The topological polar surface area (TPSA) is 200 Å². The van der Waals surface area contributed by atoms with E-state index in [2.05, 4.69) is 48.4 Å². The van der Waals surface area contributed by atoms with E-state index >= 15 is 0 Å². The Kier molecular flexibility index (Phi) is 13.8. The van der Waals surface area contributed by atoms with Crippen LogP contribution in [0.25, 0.3) is 11.1 Å². The van der Waals surface area contributed by atoms with Crippen molar-refractivity contribution < 1.29 is 48.2 Å². The Bertz CT molecular complexity index is 2900. The minimum Gasteiger partial charge on any atom is -0.358 e. The molecular weight excluding hydrogens is 876 g/mol. The molecule has 318 valence electrons. The van der Waals surface area contributed by atoms with E-state index in [4.69, 9.17) is 45.4 Å². The summed E-state index contributed by atoms with van der Waals surface area (Å²) >= 11 is 14.1. The molecule has 0 atom stereocenters. The molecule has 4 aromatic rings. The first-order chi connectivity index (χ1) is 27.9. The van der Waals surface area contributed by atoms with Crippen LogP contribution >= 0.6 is 23.2 Å². The molecule has 1 aliphatic carbocycles. The van der Waals surface area contributed by atoms with Gasteiger partial charge in [0.25, 0.3) is 20.2 Å². The maximum Gasteiger partial charge on any atom is 0.425 e. The van der Waals surface area contributed by atoms with Gasteiger partial charge in [-0.15, -0.1) is 12.6 Å². The van der Waals surface area contributed by atoms with Crippen molar-refractivity contribution in [2.45, 2.75) is 76.3 Å². The Morgan fingerprint density at radius 3 is 2.02 bits per heavy atom. The molecule has 0 unspecified atom stereocenters. The number of carbonyl (C=O) groups excluding carboxylic acids is 2. The lowest BCUT2D eigenvalue weighted by atomic mass is 9.67. The van der Waals surface area contributed by atoms with E-state index in [0.29, 0.717) is 33.3 Å². The lowest BCUT2D eigenvalue weighted by molar-refractivity contribution is -0.191. The summed E-state index contributed by atoms with van der Waals surface area (Å²) in [5.41, 5.74) is 7.21. The predicted molar refractivity (Wildman–Crippen MR) is 228 cm³/mol. The SMILES string of the molecule is CCC[N+]1=c2cc3c(cc2CCC1)=C(c1c(Cl)cccc1Cl)c1cc2c(cc1C3(C)C)N(Cc1ccc(S(=O)(=O)O)cc1)C(C)(C)C=C2CS(=O)(=O)O.O=C=O.O=S(=O)=O. The first kappa shape index (κ1) is 46.6. The van der Waals surface area contributed by atoms with Crippen molar-refractivity contribution >= 4 is 77.0 Å². The van der Waals surface area contributed by atoms with Crippen LogP contribution in [0.3, 0.4) is 0 Å². The second-order valence-corrected chi connectivity index (χ2v) is 19.8. The van der Waals surface area contributed by atoms with Gasteiger partial charge in [-0.1, -0.05) is 68.2 Å². The highest BCUT2D eigenvalue weighted by molar-refractivity contribution is 7.86. The summed E-state index contributed by atoms with van der Waals surface area (Å²) in [5, 5.41) is 3.26. The van der Waals surface area contributed by atoms with E-state index in [1.165, 1.54) is 23.1 Å². The van der Waals surface area contributed by atoms with Crippen LogP contribution in [0, 0.1) is 0 Å². The maximum absolute atomic E-state index is 12.5. The molecule has 0 radical (unpaired) electrons. The minimum atomic E-state index is -4.43. The highest BCUT2D eigenvalue weighted by Gasteiger charge is 2.40. The Balaban J connectivity index is 0.000000909. The van der Waals surface area contributed by atoms with Gasteiger partial charge in [0.05, 0.1) is 10.4 Å². The largest absolute Gasteiger partial charge is 0.425 e. The van der Waals surface area contributed by atoms with Gasteiger partial charge in [0, 0.05) is 63.3 Å². The summed E-state index contributed by atoms with van der Waals surface area (Å²) in [5.74, 6) is -0.581. The highest BCUT2D eigenvalue weighted by Crippen LogP contribution is 2.49. The van der Waals surface area contributed by atoms with Crippen molar-refractivity contribution in [3.05, 3.63) is 132 Å². The van der Waals surface area contributed by atoms with Crippen LogP contribution < -0.4 is 20.1 Å². The summed E-state index contributed by atoms with van der Waals surface area (Å²) in [6.45, 7) is 12.9. The van der Waals surface area contributed by atoms with Crippen molar-refractivity contribution in [2.75, 3.05) is 23.7 Å². The Hall–Kier alpha value is -4.51. The Labute approximate surface area is 360 Å². The van der Waals surface area contributed by atoms with Gasteiger partial charge in [0.2, 0.25) is 5.36 Å². The molecule has 2 N–H and O–H groups in total. The number of nitrogens with zero attached hydrogens (tertiary/aromatic N) is 2. The van der Waals surface area contributed by atoms with Gasteiger partial charge >= 0.3 is 16.8 Å². The lowest BCUT2D eigenvalue weighted by Gasteiger charge is -2.45. The Morgan fingerprint density at radius 1 is 0.867 bits per heavy atom. The van der Waals surface area contributed by atoms with Crippen molar-refractivity contribution in [3.63, 3.8) is 0 Å². The van der Waals surface area contributed by atoms with Gasteiger partial charge in [-0.3, -0.25) is 9.11 Å². The predicted octanol–water partition coefficient (Wildman–Crippen LogP) is 5.46. The number of benzene rings is 4. The van der Waals surface area contributed by atoms with Crippen LogP contribution in [0.15, 0.2) is 77.7 Å². The third-order valence-corrected chi connectivity index (χ3v) is 13.1. The number of rotatable bonds is 8. The number of anilines is 1. The number of hydrogen-bond donors (Lipinski definition) is 2. The quantitative estimate of drug-likeness (QED) is 0.168. The lowest BCUT2D eigenvalue weighted by Crippen LogP contribution is -2.46. The molecule has 0 bridgehead atoms. The molecule has 18 heteroatoms. The van der Waals surface area contributed by atoms with Crippen LogP contribution in [-0.2, 0) is 58.8 Å². The van der Waals surface area contributed by atoms with Crippen LogP contribution in [0.5, 0.6) is 0 Å². The van der Waals surface area contributed by atoms with Crippen LogP contribution in [0.4, 0.5) is 5.69 Å². The average Bonchev–Trinajstić information content (AvgIpc) is 3.13. The second-order valence-electron chi connectivity index (χ2n) is 15.7. The summed E-state index contributed by atoms with van der Waals surface area (Å²) in [4.78, 5) is 18.2. The standard InChI is InChI=1S/C41H42Cl2N2O6S2.CO2.O3S/c1-6-16-44-17-8-9-26-18-30-32(20-36(26)44)41(4,5)33-21-37-29(19-31(33)38(30)39-34(42)10-7-11-35(39)43)27(24-52(46,47)48)22-40(2,3)45(37)23-25-12-14-28(15-13-25)53(49,50)51;2-1-3;1-4(2)3/h7,10-15,18-22H,6,8-9,16-17,23-24H2,1-5H3,(H-,46,47,48,49,50,51);;/p+1. The van der Waals surface area contributed by atoms with Gasteiger partial charge in [0.1, 0.15) is 18.8 Å². The molecule has 0 fully saturated rings. The summed E-state index contributed by atoms with van der Waals surface area (Å²) in [7, 11) is -11.9. The molecule has 4 aromatic carbocycles. The number of hydrogen-bond acceptors (Lipinski definition) is 10.